The highest BCUT2D eigenvalue weighted by Crippen LogP contribution is 2.38. The van der Waals surface area contributed by atoms with Crippen LogP contribution in [-0.4, -0.2) is 32.2 Å². The molecule has 7 nitrogen and oxygen atoms in total. The van der Waals surface area contributed by atoms with Crippen LogP contribution in [0.2, 0.25) is 0 Å². The number of benzene rings is 1. The second kappa shape index (κ2) is 7.17. The van der Waals surface area contributed by atoms with Gasteiger partial charge in [-0.15, -0.1) is 0 Å². The van der Waals surface area contributed by atoms with E-state index in [1.807, 2.05) is 25.1 Å². The zero-order chi connectivity index (χ0) is 21.0. The Balaban J connectivity index is 1.60. The molecule has 2 heterocycles. The highest BCUT2D eigenvalue weighted by Gasteiger charge is 2.37. The number of hydrogen-bond acceptors (Lipinski definition) is 6. The molecule has 3 fully saturated rings. The highest BCUT2D eigenvalue weighted by molar-refractivity contribution is 7.97. The van der Waals surface area contributed by atoms with E-state index in [1.165, 1.54) is 4.57 Å². The Hall–Kier alpha value is -2.24. The first-order valence-electron chi connectivity index (χ1n) is 10.8. The van der Waals surface area contributed by atoms with Crippen molar-refractivity contribution in [2.75, 3.05) is 6.54 Å². The van der Waals surface area contributed by atoms with Gasteiger partial charge in [0.2, 0.25) is 0 Å². The van der Waals surface area contributed by atoms with Gasteiger partial charge in [0.1, 0.15) is 0 Å². The highest BCUT2D eigenvalue weighted by atomic mass is 32.2. The molecule has 2 aromatic rings. The van der Waals surface area contributed by atoms with E-state index in [0.717, 1.165) is 36.1 Å². The maximum Gasteiger partial charge on any atom is 0.331 e. The van der Waals surface area contributed by atoms with Crippen LogP contribution in [0.3, 0.4) is 0 Å². The quantitative estimate of drug-likeness (QED) is 0.566. The number of aromatic nitrogens is 2. The molecule has 0 radical (unpaired) electrons. The van der Waals surface area contributed by atoms with Crippen molar-refractivity contribution in [3.05, 3.63) is 39.0 Å². The minimum absolute atomic E-state index is 0.0317. The van der Waals surface area contributed by atoms with Gasteiger partial charge in [-0.2, -0.15) is 5.26 Å². The third kappa shape index (κ3) is 3.54. The molecule has 2 aliphatic carbocycles. The third-order valence-corrected chi connectivity index (χ3v) is 7.83. The summed E-state index contributed by atoms with van der Waals surface area (Å²) < 4.78 is 6.70. The van der Waals surface area contributed by atoms with E-state index in [2.05, 4.69) is 17.8 Å². The average Bonchev–Trinajstić information content (AvgIpc) is 3.65. The van der Waals surface area contributed by atoms with E-state index in [1.54, 1.807) is 21.4 Å². The van der Waals surface area contributed by atoms with E-state index in [9.17, 15) is 14.9 Å². The SMILES string of the molecule is CC1CC(n2c(=O)c3cc(SNC4(C)CC4)ccc3n(CC3CC3)c2=O)CN1C#N. The molecule has 2 atom stereocenters. The summed E-state index contributed by atoms with van der Waals surface area (Å²) in [6.07, 6.45) is 7.41. The van der Waals surface area contributed by atoms with Crippen LogP contribution in [-0.2, 0) is 6.54 Å². The van der Waals surface area contributed by atoms with Gasteiger partial charge in [-0.25, -0.2) is 4.79 Å². The molecular formula is C22H27N5O2S. The number of rotatable bonds is 6. The summed E-state index contributed by atoms with van der Waals surface area (Å²) in [7, 11) is 0. The first-order chi connectivity index (χ1) is 14.4. The number of nitrogens with one attached hydrogen (secondary N) is 1. The molecule has 0 amide bonds. The molecule has 30 heavy (non-hydrogen) atoms. The topological polar surface area (TPSA) is 83.1 Å². The number of nitriles is 1. The van der Waals surface area contributed by atoms with E-state index < -0.39 is 0 Å². The molecule has 158 valence electrons. The van der Waals surface area contributed by atoms with Crippen molar-refractivity contribution >= 4 is 22.9 Å². The summed E-state index contributed by atoms with van der Waals surface area (Å²) in [4.78, 5) is 29.5. The number of hydrogen-bond donors (Lipinski definition) is 1. The molecule has 8 heteroatoms. The zero-order valence-corrected chi connectivity index (χ0v) is 18.2. The summed E-state index contributed by atoms with van der Waals surface area (Å²) in [6, 6.07) is 5.59. The molecule has 1 N–H and O–H groups in total. The minimum atomic E-state index is -0.269. The molecule has 2 unspecified atom stereocenters. The molecule has 1 aliphatic heterocycles. The number of likely N-dealkylation sites (tertiary alicyclic amines) is 1. The van der Waals surface area contributed by atoms with Crippen LogP contribution in [0.4, 0.5) is 0 Å². The minimum Gasteiger partial charge on any atom is -0.306 e. The predicted molar refractivity (Wildman–Crippen MR) is 117 cm³/mol. The summed E-state index contributed by atoms with van der Waals surface area (Å²) >= 11 is 1.56. The van der Waals surface area contributed by atoms with Gasteiger partial charge < -0.3 is 4.90 Å². The van der Waals surface area contributed by atoms with Gasteiger partial charge in [-0.3, -0.25) is 18.7 Å². The monoisotopic (exact) mass is 425 g/mol. The van der Waals surface area contributed by atoms with Crippen LogP contribution in [0, 0.1) is 17.4 Å². The second-order valence-electron chi connectivity index (χ2n) is 9.45. The van der Waals surface area contributed by atoms with Crippen molar-refractivity contribution in [1.82, 2.24) is 18.8 Å². The van der Waals surface area contributed by atoms with Crippen molar-refractivity contribution in [2.24, 2.45) is 5.92 Å². The normalized spacial score (nSPS) is 24.9. The Morgan fingerprint density at radius 1 is 1.30 bits per heavy atom. The standard InChI is InChI=1S/C22H27N5O2S/c1-14-9-16(12-25(14)13-23)27-20(28)18-10-17(30-24-22(2)7-8-22)5-6-19(18)26(21(27)29)11-15-3-4-15/h5-6,10,14-16,24H,3-4,7-9,11-12H2,1-2H3. The number of fused-ring (bicyclic) bond motifs is 1. The Labute approximate surface area is 179 Å². The van der Waals surface area contributed by atoms with Gasteiger partial charge in [0, 0.05) is 29.6 Å². The Morgan fingerprint density at radius 3 is 2.70 bits per heavy atom. The molecule has 0 spiro atoms. The van der Waals surface area contributed by atoms with Gasteiger partial charge in [-0.1, -0.05) is 0 Å². The molecule has 2 saturated carbocycles. The maximum absolute atomic E-state index is 13.5. The van der Waals surface area contributed by atoms with Crippen LogP contribution in [0.25, 0.3) is 10.9 Å². The van der Waals surface area contributed by atoms with Gasteiger partial charge in [0.25, 0.3) is 5.56 Å². The average molecular weight is 426 g/mol. The van der Waals surface area contributed by atoms with Gasteiger partial charge in [0.05, 0.1) is 16.9 Å². The van der Waals surface area contributed by atoms with Crippen LogP contribution < -0.4 is 16.0 Å². The van der Waals surface area contributed by atoms with Gasteiger partial charge >= 0.3 is 5.69 Å². The lowest BCUT2D eigenvalue weighted by atomic mass is 10.1. The van der Waals surface area contributed by atoms with Gasteiger partial charge in [-0.05, 0) is 82.0 Å². The van der Waals surface area contributed by atoms with Crippen LogP contribution in [0.1, 0.15) is 52.0 Å². The van der Waals surface area contributed by atoms with Crippen molar-refractivity contribution < 1.29 is 0 Å². The van der Waals surface area contributed by atoms with Crippen LogP contribution >= 0.6 is 11.9 Å². The Kier molecular flexibility index (Phi) is 4.71. The Bertz CT molecular complexity index is 1160. The molecule has 5 rings (SSSR count). The van der Waals surface area contributed by atoms with E-state index in [4.69, 9.17) is 0 Å². The fourth-order valence-electron chi connectivity index (χ4n) is 4.29. The second-order valence-corrected chi connectivity index (χ2v) is 10.3. The third-order valence-electron chi connectivity index (χ3n) is 6.74. The van der Waals surface area contributed by atoms with Crippen molar-refractivity contribution in [2.45, 2.75) is 75.0 Å². The first-order valence-corrected chi connectivity index (χ1v) is 11.6. The molecule has 1 saturated heterocycles. The lowest BCUT2D eigenvalue weighted by Crippen LogP contribution is -2.43. The van der Waals surface area contributed by atoms with E-state index >= 15 is 0 Å². The van der Waals surface area contributed by atoms with E-state index in [0.29, 0.717) is 30.8 Å². The van der Waals surface area contributed by atoms with Gasteiger partial charge in [0.15, 0.2) is 6.19 Å². The zero-order valence-electron chi connectivity index (χ0n) is 17.4. The molecule has 1 aromatic carbocycles. The molecular weight excluding hydrogens is 398 g/mol. The lowest BCUT2D eigenvalue weighted by Gasteiger charge is -2.18. The Morgan fingerprint density at radius 2 is 2.07 bits per heavy atom. The summed E-state index contributed by atoms with van der Waals surface area (Å²) in [5.41, 5.74) is 0.434. The molecule has 3 aliphatic rings. The van der Waals surface area contributed by atoms with Crippen molar-refractivity contribution in [3.8, 4) is 6.19 Å². The maximum atomic E-state index is 13.5. The lowest BCUT2D eigenvalue weighted by molar-refractivity contribution is 0.379. The number of nitrogens with zero attached hydrogens (tertiary/aromatic N) is 4. The van der Waals surface area contributed by atoms with Crippen molar-refractivity contribution in [1.29, 1.82) is 5.26 Å². The first kappa shape index (κ1) is 19.7. The summed E-state index contributed by atoms with van der Waals surface area (Å²) in [5, 5.41) is 9.94. The van der Waals surface area contributed by atoms with Crippen LogP contribution in [0.5, 0.6) is 0 Å². The molecule has 0 bridgehead atoms. The fraction of sp³-hybridized carbons (Fsp3) is 0.591. The smallest absolute Gasteiger partial charge is 0.306 e. The summed E-state index contributed by atoms with van der Waals surface area (Å²) in [6.45, 7) is 5.24. The predicted octanol–water partition coefficient (Wildman–Crippen LogP) is 2.84. The molecule has 1 aromatic heterocycles. The van der Waals surface area contributed by atoms with Crippen molar-refractivity contribution in [3.63, 3.8) is 0 Å². The largest absolute Gasteiger partial charge is 0.331 e. The van der Waals surface area contributed by atoms with Crippen LogP contribution in [0.15, 0.2) is 32.7 Å². The van der Waals surface area contributed by atoms with E-state index in [-0.39, 0.29) is 28.9 Å². The summed E-state index contributed by atoms with van der Waals surface area (Å²) in [5.74, 6) is 0.514. The fourth-order valence-corrected chi connectivity index (χ4v) is 5.17.